The van der Waals surface area contributed by atoms with Crippen LogP contribution in [0.5, 0.6) is 0 Å². The van der Waals surface area contributed by atoms with Crippen LogP contribution >= 0.6 is 0 Å². The van der Waals surface area contributed by atoms with Gasteiger partial charge in [0.05, 0.1) is 0 Å². The first-order valence-corrected chi connectivity index (χ1v) is 7.80. The molecule has 0 aliphatic carbocycles. The highest BCUT2D eigenvalue weighted by molar-refractivity contribution is 5.94. The summed E-state index contributed by atoms with van der Waals surface area (Å²) in [5.74, 6) is 0. The first kappa shape index (κ1) is 12.2. The highest BCUT2D eigenvalue weighted by Crippen LogP contribution is 2.38. The lowest BCUT2D eigenvalue weighted by molar-refractivity contribution is 0.261. The van der Waals surface area contributed by atoms with Crippen molar-refractivity contribution in [3.63, 3.8) is 0 Å². The Labute approximate surface area is 120 Å². The van der Waals surface area contributed by atoms with E-state index in [1.165, 1.54) is 61.9 Å². The topological polar surface area (TPSA) is 15.3 Å². The van der Waals surface area contributed by atoms with Crippen molar-refractivity contribution in [2.75, 3.05) is 31.1 Å². The minimum atomic E-state index is 0.523. The Balaban J connectivity index is 1.72. The summed E-state index contributed by atoms with van der Waals surface area (Å²) in [6, 6.07) is 15.5. The van der Waals surface area contributed by atoms with Crippen LogP contribution in [-0.4, -0.2) is 26.2 Å². The smallest absolute Gasteiger partial charge is 0.0446 e. The second kappa shape index (κ2) is 4.78. The van der Waals surface area contributed by atoms with E-state index in [1.807, 2.05) is 0 Å². The normalized spacial score (nSPS) is 26.5. The number of anilines is 1. The molecule has 0 bridgehead atoms. The maximum Gasteiger partial charge on any atom is 0.0446 e. The lowest BCUT2D eigenvalue weighted by atomic mass is 9.79. The van der Waals surface area contributed by atoms with E-state index >= 15 is 0 Å². The molecule has 2 aliphatic heterocycles. The summed E-state index contributed by atoms with van der Waals surface area (Å²) < 4.78 is 0. The number of nitrogens with zero attached hydrogens (tertiary/aromatic N) is 1. The lowest BCUT2D eigenvalue weighted by Crippen LogP contribution is -2.44. The second-order valence-corrected chi connectivity index (χ2v) is 6.45. The Morgan fingerprint density at radius 1 is 1.00 bits per heavy atom. The van der Waals surface area contributed by atoms with E-state index in [4.69, 9.17) is 0 Å². The number of fused-ring (bicyclic) bond motifs is 1. The zero-order valence-corrected chi connectivity index (χ0v) is 11.9. The van der Waals surface area contributed by atoms with Gasteiger partial charge in [-0.25, -0.2) is 0 Å². The molecule has 2 heteroatoms. The summed E-state index contributed by atoms with van der Waals surface area (Å²) in [6.07, 6.45) is 4.06. The van der Waals surface area contributed by atoms with Crippen LogP contribution in [-0.2, 0) is 0 Å². The number of hydrogen-bond donors (Lipinski definition) is 1. The maximum absolute atomic E-state index is 3.57. The average Bonchev–Trinajstić information content (AvgIpc) is 2.94. The van der Waals surface area contributed by atoms with Crippen LogP contribution in [0.1, 0.15) is 19.3 Å². The third-order valence-corrected chi connectivity index (χ3v) is 5.10. The molecular weight excluding hydrogens is 244 g/mol. The highest BCUT2D eigenvalue weighted by Gasteiger charge is 2.38. The molecule has 0 aromatic heterocycles. The molecule has 104 valence electrons. The van der Waals surface area contributed by atoms with Crippen molar-refractivity contribution in [3.8, 4) is 0 Å². The molecule has 2 nitrogen and oxygen atoms in total. The molecule has 2 aliphatic rings. The summed E-state index contributed by atoms with van der Waals surface area (Å²) in [5.41, 5.74) is 1.95. The third-order valence-electron chi connectivity index (χ3n) is 5.10. The van der Waals surface area contributed by atoms with Crippen LogP contribution in [0.4, 0.5) is 5.69 Å². The van der Waals surface area contributed by atoms with Crippen molar-refractivity contribution in [3.05, 3.63) is 42.5 Å². The molecule has 4 rings (SSSR count). The van der Waals surface area contributed by atoms with Crippen LogP contribution in [0.3, 0.4) is 0 Å². The van der Waals surface area contributed by atoms with E-state index < -0.39 is 0 Å². The van der Waals surface area contributed by atoms with Gasteiger partial charge in [0, 0.05) is 36.1 Å². The Morgan fingerprint density at radius 2 is 1.90 bits per heavy atom. The van der Waals surface area contributed by atoms with Gasteiger partial charge in [-0.3, -0.25) is 0 Å². The molecule has 1 spiro atoms. The van der Waals surface area contributed by atoms with Crippen LogP contribution in [0, 0.1) is 5.41 Å². The van der Waals surface area contributed by atoms with Gasteiger partial charge in [0.2, 0.25) is 0 Å². The average molecular weight is 266 g/mol. The van der Waals surface area contributed by atoms with Crippen molar-refractivity contribution < 1.29 is 0 Å². The Hall–Kier alpha value is -1.54. The number of benzene rings is 2. The van der Waals surface area contributed by atoms with Crippen LogP contribution in [0.25, 0.3) is 10.8 Å². The van der Waals surface area contributed by atoms with Crippen molar-refractivity contribution in [1.82, 2.24) is 5.32 Å². The van der Waals surface area contributed by atoms with Gasteiger partial charge in [-0.15, -0.1) is 0 Å². The second-order valence-electron chi connectivity index (χ2n) is 6.45. The molecule has 2 saturated heterocycles. The molecule has 20 heavy (non-hydrogen) atoms. The van der Waals surface area contributed by atoms with Crippen molar-refractivity contribution in [2.24, 2.45) is 5.41 Å². The summed E-state index contributed by atoms with van der Waals surface area (Å²) in [5, 5.41) is 6.32. The first-order chi connectivity index (χ1) is 9.86. The molecular formula is C18H22N2. The van der Waals surface area contributed by atoms with Crippen LogP contribution < -0.4 is 10.2 Å². The largest absolute Gasteiger partial charge is 0.370 e. The molecule has 1 atom stereocenters. The van der Waals surface area contributed by atoms with E-state index in [0.717, 1.165) is 0 Å². The van der Waals surface area contributed by atoms with E-state index in [9.17, 15) is 0 Å². The summed E-state index contributed by atoms with van der Waals surface area (Å²) >= 11 is 0. The van der Waals surface area contributed by atoms with Crippen molar-refractivity contribution in [2.45, 2.75) is 19.3 Å². The summed E-state index contributed by atoms with van der Waals surface area (Å²) in [6.45, 7) is 4.82. The fourth-order valence-corrected chi connectivity index (χ4v) is 4.04. The fourth-order valence-electron chi connectivity index (χ4n) is 4.04. The van der Waals surface area contributed by atoms with Crippen LogP contribution in [0.15, 0.2) is 42.5 Å². The molecule has 1 unspecified atom stereocenters. The molecule has 0 amide bonds. The number of rotatable bonds is 1. The molecule has 2 aromatic rings. The van der Waals surface area contributed by atoms with E-state index in [-0.39, 0.29) is 0 Å². The monoisotopic (exact) mass is 266 g/mol. The van der Waals surface area contributed by atoms with Gasteiger partial charge in [0.1, 0.15) is 0 Å². The Bertz CT molecular complexity index is 608. The minimum Gasteiger partial charge on any atom is -0.370 e. The van der Waals surface area contributed by atoms with E-state index in [0.29, 0.717) is 5.41 Å². The SMILES string of the molecule is c1ccc2c(N3CCCC4(CCNC4)C3)cccc2c1. The molecule has 0 radical (unpaired) electrons. The summed E-state index contributed by atoms with van der Waals surface area (Å²) in [7, 11) is 0. The van der Waals surface area contributed by atoms with Gasteiger partial charge in [-0.2, -0.15) is 0 Å². The zero-order valence-electron chi connectivity index (χ0n) is 11.9. The molecule has 1 N–H and O–H groups in total. The third kappa shape index (κ3) is 1.99. The standard InChI is InChI=1S/C18H22N2/c1-2-7-16-15(5-1)6-3-8-17(16)20-12-4-9-18(14-20)10-11-19-13-18/h1-3,5-8,19H,4,9-14H2. The minimum absolute atomic E-state index is 0.523. The quantitative estimate of drug-likeness (QED) is 0.851. The van der Waals surface area contributed by atoms with Gasteiger partial charge >= 0.3 is 0 Å². The van der Waals surface area contributed by atoms with Gasteiger partial charge < -0.3 is 10.2 Å². The van der Waals surface area contributed by atoms with Gasteiger partial charge in [0.15, 0.2) is 0 Å². The highest BCUT2D eigenvalue weighted by atomic mass is 15.2. The predicted molar refractivity (Wildman–Crippen MR) is 85.3 cm³/mol. The van der Waals surface area contributed by atoms with E-state index in [2.05, 4.69) is 52.7 Å². The molecule has 2 heterocycles. The molecule has 0 saturated carbocycles. The van der Waals surface area contributed by atoms with Gasteiger partial charge in [0.25, 0.3) is 0 Å². The van der Waals surface area contributed by atoms with Gasteiger partial charge in [-0.1, -0.05) is 36.4 Å². The maximum atomic E-state index is 3.57. The Kier molecular flexibility index (Phi) is 2.92. The zero-order chi connectivity index (χ0) is 13.4. The summed E-state index contributed by atoms with van der Waals surface area (Å²) in [4.78, 5) is 2.62. The van der Waals surface area contributed by atoms with Gasteiger partial charge in [-0.05, 0) is 37.3 Å². The Morgan fingerprint density at radius 3 is 2.80 bits per heavy atom. The first-order valence-electron chi connectivity index (χ1n) is 7.80. The number of hydrogen-bond acceptors (Lipinski definition) is 2. The fraction of sp³-hybridized carbons (Fsp3) is 0.444. The van der Waals surface area contributed by atoms with E-state index in [1.54, 1.807) is 0 Å². The van der Waals surface area contributed by atoms with Crippen molar-refractivity contribution >= 4 is 16.5 Å². The number of nitrogens with one attached hydrogen (secondary N) is 1. The lowest BCUT2D eigenvalue weighted by Gasteiger charge is -2.41. The number of piperidine rings is 1. The van der Waals surface area contributed by atoms with Crippen molar-refractivity contribution in [1.29, 1.82) is 0 Å². The predicted octanol–water partition coefficient (Wildman–Crippen LogP) is 3.42. The molecule has 2 aromatic carbocycles. The van der Waals surface area contributed by atoms with Crippen LogP contribution in [0.2, 0.25) is 0 Å². The molecule has 2 fully saturated rings.